The van der Waals surface area contributed by atoms with E-state index in [9.17, 15) is 9.90 Å². The second kappa shape index (κ2) is 5.47. The molecule has 0 saturated heterocycles. The molecule has 0 radical (unpaired) electrons. The van der Waals surface area contributed by atoms with Gasteiger partial charge in [0.15, 0.2) is 0 Å². The lowest BCUT2D eigenvalue weighted by Gasteiger charge is -2.35. The number of carbonyl (C=O) groups is 1. The molecule has 1 aliphatic carbocycles. The lowest BCUT2D eigenvalue weighted by Crippen LogP contribution is -2.24. The number of aliphatic hydroxyl groups is 1. The van der Waals surface area contributed by atoms with Gasteiger partial charge in [-0.25, -0.2) is 0 Å². The SMILES string of the molecule is CC(C)(C)C1=CC(C=CC(N)=O)CC(C(C)(C)C)=C1O. The lowest BCUT2D eigenvalue weighted by atomic mass is 9.71. The van der Waals surface area contributed by atoms with Gasteiger partial charge < -0.3 is 10.8 Å². The zero-order valence-corrected chi connectivity index (χ0v) is 13.4. The molecule has 1 atom stereocenters. The Hall–Kier alpha value is -1.51. The third-order valence-electron chi connectivity index (χ3n) is 3.58. The van der Waals surface area contributed by atoms with Crippen molar-refractivity contribution in [3.63, 3.8) is 0 Å². The van der Waals surface area contributed by atoms with Crippen LogP contribution in [0.4, 0.5) is 0 Å². The fourth-order valence-corrected chi connectivity index (χ4v) is 2.46. The number of hydrogen-bond acceptors (Lipinski definition) is 2. The van der Waals surface area contributed by atoms with Crippen LogP contribution in [0, 0.1) is 16.7 Å². The molecule has 0 saturated carbocycles. The first-order chi connectivity index (χ1) is 8.93. The van der Waals surface area contributed by atoms with E-state index in [1.54, 1.807) is 0 Å². The zero-order valence-electron chi connectivity index (χ0n) is 13.4. The second-order valence-electron chi connectivity index (χ2n) is 7.54. The lowest BCUT2D eigenvalue weighted by molar-refractivity contribution is -0.113. The highest BCUT2D eigenvalue weighted by atomic mass is 16.3. The minimum atomic E-state index is -0.438. The van der Waals surface area contributed by atoms with Crippen LogP contribution in [0.1, 0.15) is 48.0 Å². The zero-order chi connectivity index (χ0) is 15.7. The Labute approximate surface area is 122 Å². The first kappa shape index (κ1) is 16.5. The van der Waals surface area contributed by atoms with Crippen molar-refractivity contribution in [3.05, 3.63) is 35.1 Å². The van der Waals surface area contributed by atoms with Crippen molar-refractivity contribution in [2.75, 3.05) is 0 Å². The van der Waals surface area contributed by atoms with Gasteiger partial charge in [-0.2, -0.15) is 0 Å². The normalized spacial score (nSPS) is 21.3. The summed E-state index contributed by atoms with van der Waals surface area (Å²) in [5, 5.41) is 10.6. The maximum absolute atomic E-state index is 10.9. The maximum Gasteiger partial charge on any atom is 0.241 e. The Morgan fingerprint density at radius 3 is 2.20 bits per heavy atom. The molecule has 112 valence electrons. The molecule has 1 unspecified atom stereocenters. The molecule has 0 aromatic rings. The van der Waals surface area contributed by atoms with Crippen LogP contribution in [0.3, 0.4) is 0 Å². The van der Waals surface area contributed by atoms with Gasteiger partial charge in [-0.05, 0) is 40.4 Å². The van der Waals surface area contributed by atoms with Crippen molar-refractivity contribution in [2.45, 2.75) is 48.0 Å². The Bertz CT molecular complexity index is 482. The topological polar surface area (TPSA) is 63.3 Å². The number of aliphatic hydroxyl groups excluding tert-OH is 1. The average molecular weight is 277 g/mol. The van der Waals surface area contributed by atoms with Crippen molar-refractivity contribution in [1.82, 2.24) is 0 Å². The number of amides is 1. The minimum Gasteiger partial charge on any atom is -0.508 e. The highest BCUT2D eigenvalue weighted by molar-refractivity contribution is 5.85. The van der Waals surface area contributed by atoms with Crippen molar-refractivity contribution in [3.8, 4) is 0 Å². The number of allylic oxidation sites excluding steroid dienone is 4. The van der Waals surface area contributed by atoms with E-state index in [0.717, 1.165) is 17.6 Å². The van der Waals surface area contributed by atoms with Crippen LogP contribution in [-0.2, 0) is 4.79 Å². The van der Waals surface area contributed by atoms with Gasteiger partial charge in [0.1, 0.15) is 5.76 Å². The number of primary amides is 1. The number of nitrogens with two attached hydrogens (primary N) is 1. The molecule has 3 heteroatoms. The fourth-order valence-electron chi connectivity index (χ4n) is 2.46. The Kier molecular flexibility index (Phi) is 4.52. The molecular weight excluding hydrogens is 250 g/mol. The van der Waals surface area contributed by atoms with Gasteiger partial charge >= 0.3 is 0 Å². The van der Waals surface area contributed by atoms with Gasteiger partial charge in [0.25, 0.3) is 0 Å². The van der Waals surface area contributed by atoms with Gasteiger partial charge in [0.2, 0.25) is 5.91 Å². The highest BCUT2D eigenvalue weighted by Crippen LogP contribution is 2.43. The summed E-state index contributed by atoms with van der Waals surface area (Å²) < 4.78 is 0. The van der Waals surface area contributed by atoms with E-state index in [4.69, 9.17) is 5.73 Å². The van der Waals surface area contributed by atoms with Gasteiger partial charge in [-0.1, -0.05) is 53.7 Å². The predicted molar refractivity (Wildman–Crippen MR) is 83.1 cm³/mol. The largest absolute Gasteiger partial charge is 0.508 e. The molecule has 0 fully saturated rings. The summed E-state index contributed by atoms with van der Waals surface area (Å²) in [6, 6.07) is 0. The van der Waals surface area contributed by atoms with E-state index in [1.807, 2.05) is 12.2 Å². The van der Waals surface area contributed by atoms with Gasteiger partial charge in [0.05, 0.1) is 0 Å². The monoisotopic (exact) mass is 277 g/mol. The Balaban J connectivity index is 3.27. The Morgan fingerprint density at radius 1 is 1.25 bits per heavy atom. The van der Waals surface area contributed by atoms with E-state index in [2.05, 4.69) is 41.5 Å². The van der Waals surface area contributed by atoms with Crippen LogP contribution >= 0.6 is 0 Å². The average Bonchev–Trinajstić information content (AvgIpc) is 2.24. The molecule has 1 rings (SSSR count). The molecule has 0 aromatic carbocycles. The molecule has 0 bridgehead atoms. The van der Waals surface area contributed by atoms with Crippen molar-refractivity contribution in [1.29, 1.82) is 0 Å². The molecule has 3 N–H and O–H groups in total. The highest BCUT2D eigenvalue weighted by Gasteiger charge is 2.32. The molecule has 0 heterocycles. The third kappa shape index (κ3) is 3.99. The molecule has 0 spiro atoms. The summed E-state index contributed by atoms with van der Waals surface area (Å²) in [5.41, 5.74) is 6.90. The van der Waals surface area contributed by atoms with Crippen molar-refractivity contribution >= 4 is 5.91 Å². The third-order valence-corrected chi connectivity index (χ3v) is 3.58. The molecule has 1 aliphatic rings. The minimum absolute atomic E-state index is 0.0989. The predicted octanol–water partition coefficient (Wildman–Crippen LogP) is 3.88. The first-order valence-corrected chi connectivity index (χ1v) is 7.06. The molecule has 20 heavy (non-hydrogen) atoms. The van der Waals surface area contributed by atoms with E-state index in [-0.39, 0.29) is 16.7 Å². The summed E-state index contributed by atoms with van der Waals surface area (Å²) in [4.78, 5) is 10.9. The van der Waals surface area contributed by atoms with E-state index >= 15 is 0 Å². The van der Waals surface area contributed by atoms with E-state index in [0.29, 0.717) is 5.76 Å². The summed E-state index contributed by atoms with van der Waals surface area (Å²) in [5.74, 6) is 0.0716. The van der Waals surface area contributed by atoms with E-state index < -0.39 is 5.91 Å². The summed E-state index contributed by atoms with van der Waals surface area (Å²) in [6.07, 6.45) is 6.00. The second-order valence-corrected chi connectivity index (χ2v) is 7.54. The molecule has 0 aliphatic heterocycles. The van der Waals surface area contributed by atoms with Crippen LogP contribution in [0.15, 0.2) is 35.1 Å². The quantitative estimate of drug-likeness (QED) is 0.752. The van der Waals surface area contributed by atoms with Crippen LogP contribution in [0.5, 0.6) is 0 Å². The standard InChI is InChI=1S/C17H27NO2/c1-16(2,3)12-9-11(7-8-14(18)19)10-13(15(12)20)17(4,5)6/h7-9,11,20H,10H2,1-6H3,(H2,18,19). The van der Waals surface area contributed by atoms with Crippen LogP contribution < -0.4 is 5.73 Å². The fraction of sp³-hybridized carbons (Fsp3) is 0.588. The van der Waals surface area contributed by atoms with E-state index in [1.165, 1.54) is 6.08 Å². The number of rotatable bonds is 2. The summed E-state index contributed by atoms with van der Waals surface area (Å²) in [7, 11) is 0. The maximum atomic E-state index is 10.9. The van der Waals surface area contributed by atoms with Crippen molar-refractivity contribution < 1.29 is 9.90 Å². The van der Waals surface area contributed by atoms with Crippen LogP contribution in [0.2, 0.25) is 0 Å². The molecule has 3 nitrogen and oxygen atoms in total. The summed E-state index contributed by atoms with van der Waals surface area (Å²) >= 11 is 0. The van der Waals surface area contributed by atoms with Crippen molar-refractivity contribution in [2.24, 2.45) is 22.5 Å². The number of hydrogen-bond donors (Lipinski definition) is 2. The van der Waals surface area contributed by atoms with Gasteiger partial charge in [-0.3, -0.25) is 4.79 Å². The first-order valence-electron chi connectivity index (χ1n) is 7.06. The summed E-state index contributed by atoms with van der Waals surface area (Å²) in [6.45, 7) is 12.5. The van der Waals surface area contributed by atoms with Gasteiger partial charge in [0, 0.05) is 0 Å². The van der Waals surface area contributed by atoms with Gasteiger partial charge in [-0.15, -0.1) is 0 Å². The molecule has 1 amide bonds. The Morgan fingerprint density at radius 2 is 1.80 bits per heavy atom. The van der Waals surface area contributed by atoms with Crippen LogP contribution in [-0.4, -0.2) is 11.0 Å². The smallest absolute Gasteiger partial charge is 0.241 e. The number of carbonyl (C=O) groups excluding carboxylic acids is 1. The molecule has 0 aromatic heterocycles. The van der Waals surface area contributed by atoms with Crippen LogP contribution in [0.25, 0.3) is 0 Å². The molecular formula is C17H27NO2.